The second kappa shape index (κ2) is 5.01. The van der Waals surface area contributed by atoms with Crippen LogP contribution in [-0.2, 0) is 4.79 Å². The normalized spacial score (nSPS) is 9.47. The number of carbonyl (C=O) groups is 1. The molecule has 0 unspecified atom stereocenters. The fourth-order valence-electron chi connectivity index (χ4n) is 1.05. The average Bonchev–Trinajstić information content (AvgIpc) is 2.20. The van der Waals surface area contributed by atoms with Crippen molar-refractivity contribution in [2.75, 3.05) is 5.32 Å². The standard InChI is InChI=1S/C10H8Cl2N2O/c1-6-8(14-9(15)4-5-13)3-2-7(11)10(6)12/h2-3H,4H2,1H3,(H,14,15). The molecule has 3 nitrogen and oxygen atoms in total. The Hall–Kier alpha value is -1.24. The van der Waals surface area contributed by atoms with Gasteiger partial charge in [-0.15, -0.1) is 0 Å². The van der Waals surface area contributed by atoms with Crippen molar-refractivity contribution in [3.63, 3.8) is 0 Å². The van der Waals surface area contributed by atoms with E-state index in [0.29, 0.717) is 21.3 Å². The molecule has 0 heterocycles. The summed E-state index contributed by atoms with van der Waals surface area (Å²) in [6, 6.07) is 5.01. The van der Waals surface area contributed by atoms with Crippen LogP contribution in [0.25, 0.3) is 0 Å². The van der Waals surface area contributed by atoms with Crippen molar-refractivity contribution in [2.24, 2.45) is 0 Å². The third-order valence-electron chi connectivity index (χ3n) is 1.85. The number of hydrogen-bond donors (Lipinski definition) is 1. The lowest BCUT2D eigenvalue weighted by Crippen LogP contribution is -2.11. The molecular weight excluding hydrogens is 235 g/mol. The van der Waals surface area contributed by atoms with Gasteiger partial charge in [0.2, 0.25) is 5.91 Å². The molecule has 0 fully saturated rings. The Morgan fingerprint density at radius 2 is 2.20 bits per heavy atom. The van der Waals surface area contributed by atoms with Crippen molar-refractivity contribution in [3.8, 4) is 6.07 Å². The maximum absolute atomic E-state index is 11.2. The van der Waals surface area contributed by atoms with Crippen molar-refractivity contribution in [2.45, 2.75) is 13.3 Å². The van der Waals surface area contributed by atoms with Gasteiger partial charge in [0, 0.05) is 5.69 Å². The van der Waals surface area contributed by atoms with Crippen LogP contribution in [0.3, 0.4) is 0 Å². The molecule has 0 saturated heterocycles. The molecule has 5 heteroatoms. The van der Waals surface area contributed by atoms with Crippen LogP contribution in [0.2, 0.25) is 10.0 Å². The molecule has 78 valence electrons. The summed E-state index contributed by atoms with van der Waals surface area (Å²) < 4.78 is 0. The number of benzene rings is 1. The van der Waals surface area contributed by atoms with Gasteiger partial charge in [0.1, 0.15) is 6.42 Å². The van der Waals surface area contributed by atoms with Gasteiger partial charge in [0.15, 0.2) is 0 Å². The number of nitrogens with one attached hydrogen (secondary N) is 1. The smallest absolute Gasteiger partial charge is 0.238 e. The molecule has 15 heavy (non-hydrogen) atoms. The topological polar surface area (TPSA) is 52.9 Å². The summed E-state index contributed by atoms with van der Waals surface area (Å²) in [5.74, 6) is -0.362. The van der Waals surface area contributed by atoms with Crippen molar-refractivity contribution in [1.29, 1.82) is 5.26 Å². The lowest BCUT2D eigenvalue weighted by molar-refractivity contribution is -0.115. The molecule has 1 aromatic carbocycles. The van der Waals surface area contributed by atoms with E-state index in [1.165, 1.54) is 0 Å². The Kier molecular flexibility index (Phi) is 3.96. The molecule has 0 radical (unpaired) electrons. The van der Waals surface area contributed by atoms with Gasteiger partial charge in [-0.05, 0) is 24.6 Å². The number of rotatable bonds is 2. The lowest BCUT2D eigenvalue weighted by atomic mass is 10.2. The summed E-state index contributed by atoms with van der Waals surface area (Å²) in [6.45, 7) is 1.75. The predicted octanol–water partition coefficient (Wildman–Crippen LogP) is 3.15. The Bertz CT molecular complexity index is 438. The van der Waals surface area contributed by atoms with Crippen LogP contribution in [0.15, 0.2) is 12.1 Å². The molecule has 0 aliphatic heterocycles. The lowest BCUT2D eigenvalue weighted by Gasteiger charge is -2.09. The molecule has 1 N–H and O–H groups in total. The minimum Gasteiger partial charge on any atom is -0.325 e. The Labute approximate surface area is 97.6 Å². The zero-order chi connectivity index (χ0) is 11.4. The molecule has 0 aliphatic carbocycles. The van der Waals surface area contributed by atoms with Crippen LogP contribution in [-0.4, -0.2) is 5.91 Å². The van der Waals surface area contributed by atoms with Crippen molar-refractivity contribution < 1.29 is 4.79 Å². The SMILES string of the molecule is Cc1c(NC(=O)CC#N)ccc(Cl)c1Cl. The van der Waals surface area contributed by atoms with Gasteiger partial charge in [0.05, 0.1) is 16.1 Å². The number of hydrogen-bond acceptors (Lipinski definition) is 2. The summed E-state index contributed by atoms with van der Waals surface area (Å²) in [4.78, 5) is 11.2. The maximum Gasteiger partial charge on any atom is 0.238 e. The summed E-state index contributed by atoms with van der Waals surface area (Å²) in [5, 5.41) is 11.7. The van der Waals surface area contributed by atoms with E-state index in [9.17, 15) is 4.79 Å². The Morgan fingerprint density at radius 1 is 1.53 bits per heavy atom. The second-order valence-electron chi connectivity index (χ2n) is 2.92. The molecule has 1 rings (SSSR count). The molecule has 0 aromatic heterocycles. The molecule has 1 aromatic rings. The van der Waals surface area contributed by atoms with E-state index in [2.05, 4.69) is 5.32 Å². The highest BCUT2D eigenvalue weighted by atomic mass is 35.5. The van der Waals surface area contributed by atoms with Gasteiger partial charge in [-0.25, -0.2) is 0 Å². The first-order valence-electron chi connectivity index (χ1n) is 4.17. The van der Waals surface area contributed by atoms with E-state index < -0.39 is 0 Å². The van der Waals surface area contributed by atoms with E-state index in [-0.39, 0.29) is 12.3 Å². The summed E-state index contributed by atoms with van der Waals surface area (Å²) >= 11 is 11.7. The van der Waals surface area contributed by atoms with Crippen LogP contribution < -0.4 is 5.32 Å². The highest BCUT2D eigenvalue weighted by Gasteiger charge is 2.08. The molecular formula is C10H8Cl2N2O. The van der Waals surface area contributed by atoms with Crippen LogP contribution in [0, 0.1) is 18.3 Å². The van der Waals surface area contributed by atoms with E-state index in [4.69, 9.17) is 28.5 Å². The number of anilines is 1. The van der Waals surface area contributed by atoms with Gasteiger partial charge < -0.3 is 5.32 Å². The zero-order valence-electron chi connectivity index (χ0n) is 7.97. The quantitative estimate of drug-likeness (QED) is 0.867. The first kappa shape index (κ1) is 11.8. The Morgan fingerprint density at radius 3 is 2.80 bits per heavy atom. The predicted molar refractivity (Wildman–Crippen MR) is 60.1 cm³/mol. The van der Waals surface area contributed by atoms with Crippen LogP contribution >= 0.6 is 23.2 Å². The number of nitriles is 1. The van der Waals surface area contributed by atoms with Gasteiger partial charge in [-0.3, -0.25) is 4.79 Å². The highest BCUT2D eigenvalue weighted by Crippen LogP contribution is 2.30. The van der Waals surface area contributed by atoms with Crippen molar-refractivity contribution in [1.82, 2.24) is 0 Å². The zero-order valence-corrected chi connectivity index (χ0v) is 9.49. The first-order valence-corrected chi connectivity index (χ1v) is 4.93. The fourth-order valence-corrected chi connectivity index (χ4v) is 1.42. The number of nitrogens with zero attached hydrogens (tertiary/aromatic N) is 1. The monoisotopic (exact) mass is 242 g/mol. The summed E-state index contributed by atoms with van der Waals surface area (Å²) in [7, 11) is 0. The summed E-state index contributed by atoms with van der Waals surface area (Å²) in [6.07, 6.45) is -0.181. The van der Waals surface area contributed by atoms with Crippen molar-refractivity contribution in [3.05, 3.63) is 27.7 Å². The van der Waals surface area contributed by atoms with Gasteiger partial charge in [0.25, 0.3) is 0 Å². The third-order valence-corrected chi connectivity index (χ3v) is 2.75. The van der Waals surface area contributed by atoms with E-state index in [1.807, 2.05) is 0 Å². The number of carbonyl (C=O) groups excluding carboxylic acids is 1. The van der Waals surface area contributed by atoms with E-state index in [0.717, 1.165) is 0 Å². The first-order chi connectivity index (χ1) is 7.06. The van der Waals surface area contributed by atoms with Crippen LogP contribution in [0.5, 0.6) is 0 Å². The summed E-state index contributed by atoms with van der Waals surface area (Å²) in [5.41, 5.74) is 1.26. The minimum absolute atomic E-state index is 0.181. The molecule has 0 aliphatic rings. The third kappa shape index (κ3) is 2.85. The maximum atomic E-state index is 11.2. The largest absolute Gasteiger partial charge is 0.325 e. The number of amides is 1. The van der Waals surface area contributed by atoms with Crippen LogP contribution in [0.1, 0.15) is 12.0 Å². The van der Waals surface area contributed by atoms with E-state index in [1.54, 1.807) is 25.1 Å². The molecule has 0 saturated carbocycles. The second-order valence-corrected chi connectivity index (χ2v) is 3.70. The molecule has 0 bridgehead atoms. The Balaban J connectivity index is 2.93. The average molecular weight is 243 g/mol. The van der Waals surface area contributed by atoms with Gasteiger partial charge >= 0.3 is 0 Å². The number of halogens is 2. The minimum atomic E-state index is -0.362. The fraction of sp³-hybridized carbons (Fsp3) is 0.200. The highest BCUT2D eigenvalue weighted by molar-refractivity contribution is 6.42. The molecule has 1 amide bonds. The van der Waals surface area contributed by atoms with Gasteiger partial charge in [-0.1, -0.05) is 23.2 Å². The van der Waals surface area contributed by atoms with Crippen molar-refractivity contribution >= 4 is 34.8 Å². The van der Waals surface area contributed by atoms with E-state index >= 15 is 0 Å². The molecule has 0 spiro atoms. The molecule has 0 atom stereocenters. The van der Waals surface area contributed by atoms with Crippen LogP contribution in [0.4, 0.5) is 5.69 Å². The van der Waals surface area contributed by atoms with Gasteiger partial charge in [-0.2, -0.15) is 5.26 Å².